The molecule has 0 aliphatic heterocycles. The standard InChI is InChI=1S/C12H23NS/c1-4-7-8-9-12(14)13-10-11(5-2)6-3/h5H,4,6-10H2,1-3H3,(H,13,14)/b11-5-. The van der Waals surface area contributed by atoms with Gasteiger partial charge in [0, 0.05) is 0 Å². The summed E-state index contributed by atoms with van der Waals surface area (Å²) in [6.45, 7) is 7.28. The summed E-state index contributed by atoms with van der Waals surface area (Å²) in [5.41, 5.74) is 1.40. The molecule has 0 aromatic carbocycles. The lowest BCUT2D eigenvalue weighted by Gasteiger charge is -2.01. The smallest absolute Gasteiger partial charge is 0.0649 e. The van der Waals surface area contributed by atoms with Crippen LogP contribution in [0.25, 0.3) is 0 Å². The van der Waals surface area contributed by atoms with Gasteiger partial charge in [-0.05, 0) is 26.2 Å². The van der Waals surface area contributed by atoms with Crippen molar-refractivity contribution in [3.63, 3.8) is 0 Å². The zero-order valence-electron chi connectivity index (χ0n) is 9.71. The van der Waals surface area contributed by atoms with Crippen LogP contribution in [0.5, 0.6) is 0 Å². The molecule has 0 atom stereocenters. The van der Waals surface area contributed by atoms with Crippen molar-refractivity contribution in [2.45, 2.75) is 52.9 Å². The Morgan fingerprint density at radius 1 is 1.29 bits per heavy atom. The number of thiol groups is 1. The van der Waals surface area contributed by atoms with Crippen LogP contribution < -0.4 is 0 Å². The third kappa shape index (κ3) is 7.19. The van der Waals surface area contributed by atoms with E-state index in [2.05, 4.69) is 44.5 Å². The summed E-state index contributed by atoms with van der Waals surface area (Å²) >= 11 is 4.38. The predicted octanol–water partition coefficient (Wildman–Crippen LogP) is 4.25. The minimum absolute atomic E-state index is 0.831. The number of hydrogen-bond donors (Lipinski definition) is 1. The highest BCUT2D eigenvalue weighted by Crippen LogP contribution is 2.06. The molecule has 1 nitrogen and oxygen atoms in total. The lowest BCUT2D eigenvalue weighted by atomic mass is 10.2. The molecular weight excluding hydrogens is 190 g/mol. The van der Waals surface area contributed by atoms with Crippen molar-refractivity contribution in [3.8, 4) is 0 Å². The van der Waals surface area contributed by atoms with Gasteiger partial charge in [-0.15, -0.1) is 12.6 Å². The van der Waals surface area contributed by atoms with Crippen LogP contribution in [0.1, 0.15) is 52.9 Å². The van der Waals surface area contributed by atoms with Gasteiger partial charge in [-0.25, -0.2) is 0 Å². The van der Waals surface area contributed by atoms with E-state index >= 15 is 0 Å². The number of hydrogen-bond acceptors (Lipinski definition) is 1. The Labute approximate surface area is 94.1 Å². The molecule has 0 spiro atoms. The Morgan fingerprint density at radius 2 is 2.00 bits per heavy atom. The molecule has 2 heteroatoms. The molecule has 0 aliphatic carbocycles. The van der Waals surface area contributed by atoms with E-state index in [0.717, 1.165) is 24.4 Å². The summed E-state index contributed by atoms with van der Waals surface area (Å²) < 4.78 is 0. The van der Waals surface area contributed by atoms with Gasteiger partial charge in [-0.2, -0.15) is 0 Å². The van der Waals surface area contributed by atoms with Gasteiger partial charge in [0.05, 0.1) is 11.6 Å². The van der Waals surface area contributed by atoms with Crippen molar-refractivity contribution >= 4 is 17.7 Å². The van der Waals surface area contributed by atoms with E-state index < -0.39 is 0 Å². The summed E-state index contributed by atoms with van der Waals surface area (Å²) in [4.78, 5) is 4.45. The second-order valence-electron chi connectivity index (χ2n) is 3.49. The molecule has 82 valence electrons. The molecule has 0 rings (SSSR count). The summed E-state index contributed by atoms with van der Waals surface area (Å²) in [7, 11) is 0. The first-order valence-corrected chi connectivity index (χ1v) is 6.05. The number of unbranched alkanes of at least 4 members (excludes halogenated alkanes) is 2. The zero-order chi connectivity index (χ0) is 10.8. The Bertz CT molecular complexity index is 194. The topological polar surface area (TPSA) is 12.4 Å². The third-order valence-electron chi connectivity index (χ3n) is 2.33. The first-order valence-electron chi connectivity index (χ1n) is 5.60. The average Bonchev–Trinajstić information content (AvgIpc) is 2.20. The van der Waals surface area contributed by atoms with Crippen molar-refractivity contribution in [1.29, 1.82) is 0 Å². The van der Waals surface area contributed by atoms with Gasteiger partial charge in [-0.1, -0.05) is 38.3 Å². The van der Waals surface area contributed by atoms with E-state index in [4.69, 9.17) is 0 Å². The van der Waals surface area contributed by atoms with Crippen LogP contribution >= 0.6 is 12.6 Å². The van der Waals surface area contributed by atoms with Crippen molar-refractivity contribution < 1.29 is 0 Å². The maximum absolute atomic E-state index is 4.45. The third-order valence-corrected chi connectivity index (χ3v) is 2.70. The molecule has 0 heterocycles. The normalized spacial score (nSPS) is 13.4. The van der Waals surface area contributed by atoms with Crippen LogP contribution in [0.3, 0.4) is 0 Å². The Morgan fingerprint density at radius 3 is 2.50 bits per heavy atom. The summed E-state index contributed by atoms with van der Waals surface area (Å²) in [5, 5.41) is 1.01. The van der Waals surface area contributed by atoms with Crippen molar-refractivity contribution in [2.75, 3.05) is 6.54 Å². The summed E-state index contributed by atoms with van der Waals surface area (Å²) in [5.74, 6) is 0. The lowest BCUT2D eigenvalue weighted by Crippen LogP contribution is -1.93. The fraction of sp³-hybridized carbons (Fsp3) is 0.750. The molecule has 0 N–H and O–H groups in total. The molecule has 0 amide bonds. The number of rotatable bonds is 7. The van der Waals surface area contributed by atoms with Crippen molar-refractivity contribution in [1.82, 2.24) is 0 Å². The minimum Gasteiger partial charge on any atom is -0.279 e. The molecule has 0 saturated heterocycles. The second-order valence-corrected chi connectivity index (χ2v) is 4.01. The zero-order valence-corrected chi connectivity index (χ0v) is 10.6. The van der Waals surface area contributed by atoms with E-state index in [-0.39, 0.29) is 0 Å². The van der Waals surface area contributed by atoms with E-state index in [1.54, 1.807) is 0 Å². The minimum atomic E-state index is 0.831. The highest BCUT2D eigenvalue weighted by molar-refractivity contribution is 7.97. The molecule has 14 heavy (non-hydrogen) atoms. The molecule has 0 aliphatic rings. The van der Waals surface area contributed by atoms with Crippen LogP contribution in [0.4, 0.5) is 0 Å². The maximum atomic E-state index is 4.45. The summed E-state index contributed by atoms with van der Waals surface area (Å²) in [6, 6.07) is 0. The quantitative estimate of drug-likeness (QED) is 0.213. The van der Waals surface area contributed by atoms with Crippen LogP contribution in [0.2, 0.25) is 0 Å². The number of nitrogens with zero attached hydrogens (tertiary/aromatic N) is 1. The number of allylic oxidation sites excluding steroid dienone is 1. The van der Waals surface area contributed by atoms with Crippen LogP contribution in [-0.2, 0) is 0 Å². The predicted molar refractivity (Wildman–Crippen MR) is 69.5 cm³/mol. The molecular formula is C12H23NS. The molecule has 0 fully saturated rings. The van der Waals surface area contributed by atoms with Gasteiger partial charge in [0.1, 0.15) is 0 Å². The van der Waals surface area contributed by atoms with Crippen molar-refractivity contribution in [3.05, 3.63) is 11.6 Å². The summed E-state index contributed by atoms with van der Waals surface area (Å²) in [6.07, 6.45) is 8.04. The van der Waals surface area contributed by atoms with Crippen LogP contribution in [0, 0.1) is 0 Å². The van der Waals surface area contributed by atoms with Gasteiger partial charge in [0.15, 0.2) is 0 Å². The lowest BCUT2D eigenvalue weighted by molar-refractivity contribution is 0.744. The number of aliphatic imine (C=N–C) groups is 1. The van der Waals surface area contributed by atoms with E-state index in [0.29, 0.717) is 0 Å². The first kappa shape index (κ1) is 13.8. The van der Waals surface area contributed by atoms with Gasteiger partial charge in [0.2, 0.25) is 0 Å². The average molecular weight is 213 g/mol. The van der Waals surface area contributed by atoms with Crippen molar-refractivity contribution in [2.24, 2.45) is 4.99 Å². The fourth-order valence-electron chi connectivity index (χ4n) is 1.21. The molecule has 0 bridgehead atoms. The Kier molecular flexibility index (Phi) is 9.16. The highest BCUT2D eigenvalue weighted by atomic mass is 32.1. The fourth-order valence-corrected chi connectivity index (χ4v) is 1.44. The highest BCUT2D eigenvalue weighted by Gasteiger charge is 1.94. The van der Waals surface area contributed by atoms with Crippen LogP contribution in [0.15, 0.2) is 16.6 Å². The molecule has 0 radical (unpaired) electrons. The first-order chi connectivity index (χ1) is 6.74. The van der Waals surface area contributed by atoms with Gasteiger partial charge in [-0.3, -0.25) is 4.99 Å². The molecule has 0 unspecified atom stereocenters. The monoisotopic (exact) mass is 213 g/mol. The SMILES string of the molecule is C/C=C(/CC)C/N=C(\S)CCCCC. The molecule has 0 aromatic rings. The molecule has 0 saturated carbocycles. The molecule has 0 aromatic heterocycles. The van der Waals surface area contributed by atoms with Gasteiger partial charge < -0.3 is 0 Å². The van der Waals surface area contributed by atoms with E-state index in [1.807, 2.05) is 0 Å². The Balaban J connectivity index is 3.75. The maximum Gasteiger partial charge on any atom is 0.0649 e. The second kappa shape index (κ2) is 9.32. The van der Waals surface area contributed by atoms with E-state index in [1.165, 1.54) is 24.8 Å². The largest absolute Gasteiger partial charge is 0.279 e. The van der Waals surface area contributed by atoms with E-state index in [9.17, 15) is 0 Å². The Hall–Kier alpha value is -0.240. The van der Waals surface area contributed by atoms with Gasteiger partial charge in [0.25, 0.3) is 0 Å². The van der Waals surface area contributed by atoms with Gasteiger partial charge >= 0.3 is 0 Å². The van der Waals surface area contributed by atoms with Crippen LogP contribution in [-0.4, -0.2) is 11.6 Å².